The highest BCUT2D eigenvalue weighted by Gasteiger charge is 2.30. The zero-order chi connectivity index (χ0) is 20.4. The molecular weight excluding hydrogens is 436 g/mol. The van der Waals surface area contributed by atoms with Crippen molar-refractivity contribution >= 4 is 21.8 Å². The largest absolute Gasteiger partial charge is 0.497 e. The number of aryl methyl sites for hydroxylation is 1. The predicted octanol–water partition coefficient (Wildman–Crippen LogP) is 3.55. The number of likely N-dealkylation sites (tertiary alicyclic amines) is 1. The monoisotopic (exact) mass is 456 g/mol. The number of benzene rings is 1. The maximum atomic E-state index is 13.1. The number of hydrogen-bond donors (Lipinski definition) is 0. The van der Waals surface area contributed by atoms with E-state index in [9.17, 15) is 4.79 Å². The van der Waals surface area contributed by atoms with Crippen LogP contribution in [0.1, 0.15) is 16.9 Å². The molecule has 0 aliphatic carbocycles. The van der Waals surface area contributed by atoms with Crippen LogP contribution in [0.3, 0.4) is 0 Å². The molecule has 0 unspecified atom stereocenters. The van der Waals surface area contributed by atoms with Gasteiger partial charge in [0.1, 0.15) is 17.5 Å². The number of ether oxygens (including phenoxy) is 2. The second-order valence-corrected chi connectivity index (χ2v) is 7.69. The van der Waals surface area contributed by atoms with E-state index >= 15 is 0 Å². The smallest absolute Gasteiger partial charge is 0.272 e. The zero-order valence-corrected chi connectivity index (χ0v) is 17.8. The summed E-state index contributed by atoms with van der Waals surface area (Å²) in [6.07, 6.45) is 2.36. The van der Waals surface area contributed by atoms with Crippen molar-refractivity contribution in [1.82, 2.24) is 19.7 Å². The lowest BCUT2D eigenvalue weighted by Gasteiger charge is -2.17. The van der Waals surface area contributed by atoms with Crippen molar-refractivity contribution in [3.8, 4) is 22.9 Å². The Morgan fingerprint density at radius 3 is 2.90 bits per heavy atom. The number of rotatable bonds is 5. The topological polar surface area (TPSA) is 69.5 Å². The average Bonchev–Trinajstić information content (AvgIpc) is 3.36. The molecule has 1 atom stereocenters. The third-order valence-electron chi connectivity index (χ3n) is 4.90. The first-order valence-electron chi connectivity index (χ1n) is 9.30. The molecule has 3 heterocycles. The molecule has 1 aliphatic heterocycles. The average molecular weight is 457 g/mol. The van der Waals surface area contributed by atoms with Gasteiger partial charge in [0.2, 0.25) is 5.88 Å². The molecule has 8 heteroatoms. The van der Waals surface area contributed by atoms with Crippen molar-refractivity contribution in [1.29, 1.82) is 0 Å². The Balaban J connectivity index is 1.47. The fourth-order valence-electron chi connectivity index (χ4n) is 3.38. The third kappa shape index (κ3) is 4.12. The van der Waals surface area contributed by atoms with Crippen LogP contribution < -0.4 is 9.47 Å². The number of methoxy groups -OCH3 is 1. The van der Waals surface area contributed by atoms with Crippen molar-refractivity contribution in [2.24, 2.45) is 7.05 Å². The number of pyridine rings is 1. The molecule has 1 aromatic carbocycles. The van der Waals surface area contributed by atoms with Crippen molar-refractivity contribution in [3.63, 3.8) is 0 Å². The summed E-state index contributed by atoms with van der Waals surface area (Å²) < 4.78 is 13.7. The maximum Gasteiger partial charge on any atom is 0.272 e. The molecule has 0 spiro atoms. The Labute approximate surface area is 177 Å². The molecule has 29 heavy (non-hydrogen) atoms. The molecule has 0 bridgehead atoms. The minimum atomic E-state index is -0.0868. The standard InChI is InChI=1S/C21H21BrN4O3/c1-25-19(12-18(24-25)14-5-3-6-15(11-14)28-2)21(27)26-10-8-16(13-26)29-20-17(22)7-4-9-23-20/h3-7,9,11-12,16H,8,10,13H2,1-2H3/t16-/m0/s1. The van der Waals surface area contributed by atoms with E-state index < -0.39 is 0 Å². The van der Waals surface area contributed by atoms with E-state index in [4.69, 9.17) is 9.47 Å². The molecule has 3 aromatic rings. The lowest BCUT2D eigenvalue weighted by molar-refractivity contribution is 0.0760. The molecule has 0 saturated carbocycles. The van der Waals surface area contributed by atoms with Gasteiger partial charge >= 0.3 is 0 Å². The van der Waals surface area contributed by atoms with Gasteiger partial charge < -0.3 is 14.4 Å². The van der Waals surface area contributed by atoms with Crippen molar-refractivity contribution in [2.75, 3.05) is 20.2 Å². The quantitative estimate of drug-likeness (QED) is 0.586. The summed E-state index contributed by atoms with van der Waals surface area (Å²) >= 11 is 3.44. The molecule has 4 rings (SSSR count). The number of aromatic nitrogens is 3. The van der Waals surface area contributed by atoms with Crippen LogP contribution in [0.25, 0.3) is 11.3 Å². The van der Waals surface area contributed by atoms with Gasteiger partial charge in [-0.2, -0.15) is 5.10 Å². The van der Waals surface area contributed by atoms with Crippen LogP contribution in [0.4, 0.5) is 0 Å². The van der Waals surface area contributed by atoms with E-state index in [0.717, 1.165) is 27.9 Å². The van der Waals surface area contributed by atoms with E-state index in [1.807, 2.05) is 42.5 Å². The van der Waals surface area contributed by atoms with E-state index in [-0.39, 0.29) is 12.0 Å². The van der Waals surface area contributed by atoms with E-state index in [1.54, 1.807) is 29.9 Å². The molecule has 1 saturated heterocycles. The van der Waals surface area contributed by atoms with Crippen LogP contribution in [-0.2, 0) is 7.05 Å². The van der Waals surface area contributed by atoms with Gasteiger partial charge in [-0.25, -0.2) is 4.98 Å². The van der Waals surface area contributed by atoms with Crippen LogP contribution in [-0.4, -0.2) is 51.9 Å². The fraction of sp³-hybridized carbons (Fsp3) is 0.286. The summed E-state index contributed by atoms with van der Waals surface area (Å²) in [5.74, 6) is 1.24. The molecule has 150 valence electrons. The summed E-state index contributed by atoms with van der Waals surface area (Å²) in [5.41, 5.74) is 2.18. The third-order valence-corrected chi connectivity index (χ3v) is 5.50. The molecule has 1 amide bonds. The van der Waals surface area contributed by atoms with Crippen LogP contribution in [0.15, 0.2) is 53.1 Å². The van der Waals surface area contributed by atoms with E-state index in [2.05, 4.69) is 26.0 Å². The van der Waals surface area contributed by atoms with Gasteiger partial charge in [0, 0.05) is 31.8 Å². The van der Waals surface area contributed by atoms with Crippen molar-refractivity contribution < 1.29 is 14.3 Å². The van der Waals surface area contributed by atoms with Gasteiger partial charge in [0.25, 0.3) is 5.91 Å². The first-order chi connectivity index (χ1) is 14.0. The van der Waals surface area contributed by atoms with Gasteiger partial charge in [-0.15, -0.1) is 0 Å². The highest BCUT2D eigenvalue weighted by molar-refractivity contribution is 9.10. The van der Waals surface area contributed by atoms with E-state index in [1.165, 1.54) is 0 Å². The highest BCUT2D eigenvalue weighted by Crippen LogP contribution is 2.27. The number of hydrogen-bond acceptors (Lipinski definition) is 5. The minimum Gasteiger partial charge on any atom is -0.497 e. The number of nitrogens with zero attached hydrogens (tertiary/aromatic N) is 4. The molecule has 1 fully saturated rings. The number of amides is 1. The Kier molecular flexibility index (Phi) is 5.53. The number of carbonyl (C=O) groups excluding carboxylic acids is 1. The van der Waals surface area contributed by atoms with Gasteiger partial charge in [0.05, 0.1) is 23.8 Å². The normalized spacial score (nSPS) is 16.1. The van der Waals surface area contributed by atoms with E-state index in [0.29, 0.717) is 24.7 Å². The van der Waals surface area contributed by atoms with Gasteiger partial charge in [0.15, 0.2) is 0 Å². The molecular formula is C21H21BrN4O3. The zero-order valence-electron chi connectivity index (χ0n) is 16.2. The van der Waals surface area contributed by atoms with Crippen LogP contribution in [0.2, 0.25) is 0 Å². The highest BCUT2D eigenvalue weighted by atomic mass is 79.9. The maximum absolute atomic E-state index is 13.1. The predicted molar refractivity (Wildman–Crippen MR) is 112 cm³/mol. The summed E-state index contributed by atoms with van der Waals surface area (Å²) in [5, 5.41) is 4.51. The van der Waals surface area contributed by atoms with Gasteiger partial charge in [-0.1, -0.05) is 12.1 Å². The Morgan fingerprint density at radius 2 is 2.10 bits per heavy atom. The lowest BCUT2D eigenvalue weighted by Crippen LogP contribution is -2.32. The molecule has 7 nitrogen and oxygen atoms in total. The second kappa shape index (κ2) is 8.24. The first kappa shape index (κ1) is 19.4. The van der Waals surface area contributed by atoms with Crippen molar-refractivity contribution in [2.45, 2.75) is 12.5 Å². The summed E-state index contributed by atoms with van der Waals surface area (Å²) in [6, 6.07) is 13.2. The number of carbonyl (C=O) groups is 1. The Morgan fingerprint density at radius 1 is 1.24 bits per heavy atom. The number of halogens is 1. The Hall–Kier alpha value is -2.87. The van der Waals surface area contributed by atoms with Crippen LogP contribution in [0.5, 0.6) is 11.6 Å². The summed E-state index contributed by atoms with van der Waals surface area (Å²) in [6.45, 7) is 1.15. The lowest BCUT2D eigenvalue weighted by atomic mass is 10.1. The van der Waals surface area contributed by atoms with Crippen LogP contribution in [0, 0.1) is 0 Å². The molecule has 0 N–H and O–H groups in total. The first-order valence-corrected chi connectivity index (χ1v) is 10.1. The molecule has 2 aromatic heterocycles. The Bertz CT molecular complexity index is 1040. The van der Waals surface area contributed by atoms with Gasteiger partial charge in [-0.3, -0.25) is 9.48 Å². The van der Waals surface area contributed by atoms with Crippen LogP contribution >= 0.6 is 15.9 Å². The molecule has 0 radical (unpaired) electrons. The van der Waals surface area contributed by atoms with Crippen molar-refractivity contribution in [3.05, 3.63) is 58.8 Å². The summed E-state index contributed by atoms with van der Waals surface area (Å²) in [4.78, 5) is 19.1. The SMILES string of the molecule is COc1cccc(-c2cc(C(=O)N3CC[C@H](Oc4ncccc4Br)C3)n(C)n2)c1. The minimum absolute atomic E-state index is 0.0552. The van der Waals surface area contributed by atoms with Gasteiger partial charge in [-0.05, 0) is 46.3 Å². The molecule has 1 aliphatic rings. The summed E-state index contributed by atoms with van der Waals surface area (Å²) in [7, 11) is 3.41. The second-order valence-electron chi connectivity index (χ2n) is 6.84. The fourth-order valence-corrected chi connectivity index (χ4v) is 3.73.